The minimum Gasteiger partial charge on any atom is -0.366 e. The van der Waals surface area contributed by atoms with Crippen LogP contribution < -0.4 is 4.90 Å². The third-order valence-corrected chi connectivity index (χ3v) is 5.20. The van der Waals surface area contributed by atoms with Gasteiger partial charge in [-0.05, 0) is 13.8 Å². The molecule has 0 radical (unpaired) electrons. The highest BCUT2D eigenvalue weighted by atomic mass is 35.5. The lowest BCUT2D eigenvalue weighted by molar-refractivity contribution is 0.206. The molecule has 0 atom stereocenters. The van der Waals surface area contributed by atoms with Crippen LogP contribution in [0.3, 0.4) is 0 Å². The molecule has 0 aromatic carbocycles. The molecule has 1 fully saturated rings. The van der Waals surface area contributed by atoms with Crippen molar-refractivity contribution in [3.8, 4) is 0 Å². The van der Waals surface area contributed by atoms with Gasteiger partial charge < -0.3 is 4.90 Å². The normalized spacial score (nSPS) is 20.1. The van der Waals surface area contributed by atoms with Crippen LogP contribution in [0.15, 0.2) is 6.07 Å². The van der Waals surface area contributed by atoms with Crippen LogP contribution in [0.1, 0.15) is 13.8 Å². The number of rotatable bonds is 2. The standard InChI is InChI=1S/C11H16Cl2N4O2S/c1-11(2)7-16(4-5-17(11)20(3,18)19)8-6-9(12)14-15-10(8)13/h6H,4-5,7H2,1-3H3. The second-order valence-corrected chi connectivity index (χ2v) is 8.06. The molecule has 1 aromatic heterocycles. The van der Waals surface area contributed by atoms with Crippen LogP contribution >= 0.6 is 23.2 Å². The Balaban J connectivity index is 2.30. The molecule has 112 valence electrons. The molecule has 0 unspecified atom stereocenters. The molecule has 1 aliphatic rings. The molecule has 20 heavy (non-hydrogen) atoms. The van der Waals surface area contributed by atoms with Crippen LogP contribution in [0.5, 0.6) is 0 Å². The van der Waals surface area contributed by atoms with E-state index in [4.69, 9.17) is 23.2 Å². The first-order valence-electron chi connectivity index (χ1n) is 6.03. The number of sulfonamides is 1. The summed E-state index contributed by atoms with van der Waals surface area (Å²) < 4.78 is 25.1. The summed E-state index contributed by atoms with van der Waals surface area (Å²) in [5.74, 6) is 0. The average Bonchev–Trinajstić information content (AvgIpc) is 2.29. The molecule has 0 amide bonds. The molecule has 9 heteroatoms. The van der Waals surface area contributed by atoms with Crippen LogP contribution in [-0.4, -0.2) is 54.3 Å². The quantitative estimate of drug-likeness (QED) is 0.820. The highest BCUT2D eigenvalue weighted by Crippen LogP contribution is 2.31. The van der Waals surface area contributed by atoms with Crippen molar-refractivity contribution in [2.24, 2.45) is 0 Å². The largest absolute Gasteiger partial charge is 0.366 e. The highest BCUT2D eigenvalue weighted by Gasteiger charge is 2.39. The fraction of sp³-hybridized carbons (Fsp3) is 0.636. The van der Waals surface area contributed by atoms with Gasteiger partial charge in [0.15, 0.2) is 10.3 Å². The Labute approximate surface area is 128 Å². The van der Waals surface area contributed by atoms with Crippen molar-refractivity contribution >= 4 is 38.9 Å². The lowest BCUT2D eigenvalue weighted by atomic mass is 10.0. The second-order valence-electron chi connectivity index (χ2n) is 5.41. The Bertz CT molecular complexity index is 621. The Morgan fingerprint density at radius 2 is 1.90 bits per heavy atom. The summed E-state index contributed by atoms with van der Waals surface area (Å²) in [6, 6.07) is 1.64. The Morgan fingerprint density at radius 1 is 1.25 bits per heavy atom. The second kappa shape index (κ2) is 5.29. The van der Waals surface area contributed by atoms with E-state index in [-0.39, 0.29) is 10.3 Å². The van der Waals surface area contributed by atoms with E-state index in [1.165, 1.54) is 10.6 Å². The van der Waals surface area contributed by atoms with Gasteiger partial charge in [0.2, 0.25) is 10.0 Å². The van der Waals surface area contributed by atoms with Crippen LogP contribution in [0.25, 0.3) is 0 Å². The molecule has 0 bridgehead atoms. The van der Waals surface area contributed by atoms with Gasteiger partial charge in [-0.15, -0.1) is 10.2 Å². The summed E-state index contributed by atoms with van der Waals surface area (Å²) in [5, 5.41) is 7.97. The van der Waals surface area contributed by atoms with Crippen LogP contribution in [-0.2, 0) is 10.0 Å². The van der Waals surface area contributed by atoms with Gasteiger partial charge in [-0.3, -0.25) is 0 Å². The zero-order valence-electron chi connectivity index (χ0n) is 11.5. The van der Waals surface area contributed by atoms with E-state index in [0.717, 1.165) is 0 Å². The number of aromatic nitrogens is 2. The predicted octanol–water partition coefficient (Wildman–Crippen LogP) is 1.64. The van der Waals surface area contributed by atoms with Crippen molar-refractivity contribution in [1.82, 2.24) is 14.5 Å². The molecular formula is C11H16Cl2N4O2S. The summed E-state index contributed by atoms with van der Waals surface area (Å²) in [6.07, 6.45) is 1.22. The summed E-state index contributed by atoms with van der Waals surface area (Å²) in [6.45, 7) is 5.18. The molecule has 0 spiro atoms. The van der Waals surface area contributed by atoms with Crippen molar-refractivity contribution in [2.75, 3.05) is 30.8 Å². The molecule has 2 rings (SSSR count). The van der Waals surface area contributed by atoms with Crippen molar-refractivity contribution in [3.05, 3.63) is 16.4 Å². The molecule has 0 saturated carbocycles. The molecule has 6 nitrogen and oxygen atoms in total. The summed E-state index contributed by atoms with van der Waals surface area (Å²) in [5.41, 5.74) is 0.137. The summed E-state index contributed by atoms with van der Waals surface area (Å²) in [7, 11) is -3.24. The predicted molar refractivity (Wildman–Crippen MR) is 79.9 cm³/mol. The molecule has 1 aliphatic heterocycles. The van der Waals surface area contributed by atoms with E-state index < -0.39 is 15.6 Å². The molecule has 2 heterocycles. The van der Waals surface area contributed by atoms with Crippen LogP contribution in [0.2, 0.25) is 10.3 Å². The van der Waals surface area contributed by atoms with Crippen LogP contribution in [0.4, 0.5) is 5.69 Å². The smallest absolute Gasteiger partial charge is 0.211 e. The maximum atomic E-state index is 11.8. The Hall–Kier alpha value is -0.630. The summed E-state index contributed by atoms with van der Waals surface area (Å²) in [4.78, 5) is 1.98. The van der Waals surface area contributed by atoms with E-state index in [2.05, 4.69) is 10.2 Å². The zero-order chi connectivity index (χ0) is 15.1. The maximum absolute atomic E-state index is 11.8. The van der Waals surface area contributed by atoms with Crippen molar-refractivity contribution in [1.29, 1.82) is 0 Å². The van der Waals surface area contributed by atoms with Gasteiger partial charge in [0.25, 0.3) is 0 Å². The zero-order valence-corrected chi connectivity index (χ0v) is 13.8. The lowest BCUT2D eigenvalue weighted by Crippen LogP contribution is -2.60. The van der Waals surface area contributed by atoms with Crippen molar-refractivity contribution in [2.45, 2.75) is 19.4 Å². The van der Waals surface area contributed by atoms with E-state index in [0.29, 0.717) is 25.3 Å². The topological polar surface area (TPSA) is 66.4 Å². The number of hydrogen-bond acceptors (Lipinski definition) is 5. The SMILES string of the molecule is CC1(C)CN(c2cc(Cl)nnc2Cl)CCN1S(C)(=O)=O. The minimum absolute atomic E-state index is 0.257. The highest BCUT2D eigenvalue weighted by molar-refractivity contribution is 7.88. The molecule has 0 N–H and O–H groups in total. The minimum atomic E-state index is -3.24. The van der Waals surface area contributed by atoms with Gasteiger partial charge in [-0.25, -0.2) is 8.42 Å². The fourth-order valence-corrected chi connectivity index (χ4v) is 4.25. The van der Waals surface area contributed by atoms with Crippen LogP contribution in [0, 0.1) is 0 Å². The van der Waals surface area contributed by atoms with E-state index in [1.807, 2.05) is 18.7 Å². The fourth-order valence-electron chi connectivity index (χ4n) is 2.53. The van der Waals surface area contributed by atoms with Crippen molar-refractivity contribution in [3.63, 3.8) is 0 Å². The Kier molecular flexibility index (Phi) is 4.17. The van der Waals surface area contributed by atoms with Gasteiger partial charge in [-0.2, -0.15) is 4.31 Å². The first-order valence-corrected chi connectivity index (χ1v) is 8.63. The van der Waals surface area contributed by atoms with Gasteiger partial charge in [0.1, 0.15) is 0 Å². The number of piperazine rings is 1. The first kappa shape index (κ1) is 15.8. The number of anilines is 1. The third-order valence-electron chi connectivity index (χ3n) is 3.27. The van der Waals surface area contributed by atoms with Gasteiger partial charge >= 0.3 is 0 Å². The van der Waals surface area contributed by atoms with Crippen molar-refractivity contribution < 1.29 is 8.42 Å². The van der Waals surface area contributed by atoms with E-state index in [1.54, 1.807) is 6.07 Å². The average molecular weight is 339 g/mol. The monoisotopic (exact) mass is 338 g/mol. The molecule has 1 saturated heterocycles. The van der Waals surface area contributed by atoms with Gasteiger partial charge in [0, 0.05) is 31.2 Å². The van der Waals surface area contributed by atoms with Gasteiger partial charge in [-0.1, -0.05) is 23.2 Å². The summed E-state index contributed by atoms with van der Waals surface area (Å²) >= 11 is 11.9. The third kappa shape index (κ3) is 3.16. The van der Waals surface area contributed by atoms with Gasteiger partial charge in [0.05, 0.1) is 11.9 Å². The number of halogens is 2. The molecule has 1 aromatic rings. The Morgan fingerprint density at radius 3 is 2.45 bits per heavy atom. The maximum Gasteiger partial charge on any atom is 0.211 e. The lowest BCUT2D eigenvalue weighted by Gasteiger charge is -2.46. The first-order chi connectivity index (χ1) is 9.11. The van der Waals surface area contributed by atoms with E-state index in [9.17, 15) is 8.42 Å². The molecule has 0 aliphatic carbocycles. The number of nitrogens with zero attached hydrogens (tertiary/aromatic N) is 4. The molecular weight excluding hydrogens is 323 g/mol. The number of hydrogen-bond donors (Lipinski definition) is 0. The van der Waals surface area contributed by atoms with E-state index >= 15 is 0 Å².